The van der Waals surface area contributed by atoms with Crippen molar-refractivity contribution in [3.63, 3.8) is 0 Å². The Hall–Kier alpha value is -2.14. The second-order valence-corrected chi connectivity index (χ2v) is 9.95. The van der Waals surface area contributed by atoms with Crippen molar-refractivity contribution < 1.29 is 19.7 Å². The zero-order valence-corrected chi connectivity index (χ0v) is 22.4. The number of hydrogen-bond donors (Lipinski definition) is 2. The Balaban J connectivity index is 0.000000340. The van der Waals surface area contributed by atoms with E-state index in [-0.39, 0.29) is 17.5 Å². The number of phenols is 2. The van der Waals surface area contributed by atoms with Gasteiger partial charge in [-0.25, -0.2) is 0 Å². The van der Waals surface area contributed by atoms with Crippen molar-refractivity contribution in [1.29, 1.82) is 0 Å². The van der Waals surface area contributed by atoms with Gasteiger partial charge < -0.3 is 14.9 Å². The number of unbranched alkanes of at least 4 members (excludes halogenated alkanes) is 10. The summed E-state index contributed by atoms with van der Waals surface area (Å²) in [6, 6.07) is 10.7. The normalized spacial score (nSPS) is 10.5. The molecular formula is C29H44O4S. The van der Waals surface area contributed by atoms with Crippen molar-refractivity contribution in [1.82, 2.24) is 0 Å². The Bertz CT molecular complexity index is 785. The minimum absolute atomic E-state index is 0.0686. The highest BCUT2D eigenvalue weighted by molar-refractivity contribution is 7.99. The summed E-state index contributed by atoms with van der Waals surface area (Å²) >= 11 is 1.64. The lowest BCUT2D eigenvalue weighted by atomic mass is 10.1. The van der Waals surface area contributed by atoms with Crippen LogP contribution >= 0.6 is 11.8 Å². The minimum Gasteiger partial charge on any atom is -0.508 e. The zero-order chi connectivity index (χ0) is 25.2. The van der Waals surface area contributed by atoms with E-state index in [9.17, 15) is 15.0 Å². The highest BCUT2D eigenvalue weighted by Gasteiger charge is 2.05. The fourth-order valence-electron chi connectivity index (χ4n) is 3.65. The third-order valence-corrected chi connectivity index (χ3v) is 7.11. The maximum Gasteiger partial charge on any atom is 0.305 e. The van der Waals surface area contributed by atoms with Gasteiger partial charge in [0.15, 0.2) is 0 Å². The van der Waals surface area contributed by atoms with Gasteiger partial charge >= 0.3 is 5.97 Å². The van der Waals surface area contributed by atoms with E-state index < -0.39 is 0 Å². The molecule has 34 heavy (non-hydrogen) atoms. The largest absolute Gasteiger partial charge is 0.508 e. The number of aryl methyl sites for hydroxylation is 2. The number of ether oxygens (including phenoxy) is 1. The van der Waals surface area contributed by atoms with Crippen LogP contribution in [0, 0.1) is 13.8 Å². The molecule has 0 saturated carbocycles. The summed E-state index contributed by atoms with van der Waals surface area (Å²) in [4.78, 5) is 13.1. The second kappa shape index (κ2) is 18.2. The van der Waals surface area contributed by atoms with Crippen molar-refractivity contribution in [2.75, 3.05) is 7.11 Å². The Morgan fingerprint density at radius 3 is 1.53 bits per heavy atom. The lowest BCUT2D eigenvalue weighted by molar-refractivity contribution is -0.140. The van der Waals surface area contributed by atoms with E-state index in [0.717, 1.165) is 27.3 Å². The van der Waals surface area contributed by atoms with Gasteiger partial charge in [0.05, 0.1) is 7.11 Å². The Kier molecular flexibility index (Phi) is 16.0. The predicted molar refractivity (Wildman–Crippen MR) is 143 cm³/mol. The van der Waals surface area contributed by atoms with Crippen molar-refractivity contribution in [2.45, 2.75) is 108 Å². The monoisotopic (exact) mass is 488 g/mol. The molecule has 190 valence electrons. The van der Waals surface area contributed by atoms with Crippen LogP contribution in [-0.4, -0.2) is 23.3 Å². The Morgan fingerprint density at radius 2 is 1.15 bits per heavy atom. The molecule has 2 N–H and O–H groups in total. The highest BCUT2D eigenvalue weighted by atomic mass is 32.2. The van der Waals surface area contributed by atoms with E-state index in [0.29, 0.717) is 6.42 Å². The fraction of sp³-hybridized carbons (Fsp3) is 0.552. The molecule has 0 aromatic heterocycles. The molecule has 0 bridgehead atoms. The molecule has 0 aliphatic heterocycles. The fourth-order valence-corrected chi connectivity index (χ4v) is 4.60. The summed E-state index contributed by atoms with van der Waals surface area (Å²) in [5, 5.41) is 18.7. The molecule has 2 aromatic rings. The van der Waals surface area contributed by atoms with E-state index in [4.69, 9.17) is 0 Å². The van der Waals surface area contributed by atoms with E-state index in [1.807, 2.05) is 26.0 Å². The number of aromatic hydroxyl groups is 2. The number of phenolic OH excluding ortho intramolecular Hbond substituents is 2. The van der Waals surface area contributed by atoms with Gasteiger partial charge in [0, 0.05) is 16.2 Å². The van der Waals surface area contributed by atoms with Gasteiger partial charge in [-0.3, -0.25) is 4.79 Å². The Labute approximate surface area is 211 Å². The van der Waals surface area contributed by atoms with E-state index in [2.05, 4.69) is 11.7 Å². The molecule has 4 nitrogen and oxygen atoms in total. The van der Waals surface area contributed by atoms with Crippen LogP contribution in [0.1, 0.15) is 95.1 Å². The summed E-state index contributed by atoms with van der Waals surface area (Å²) in [6.07, 6.45) is 15.1. The quantitative estimate of drug-likeness (QED) is 0.205. The van der Waals surface area contributed by atoms with Crippen LogP contribution in [0.15, 0.2) is 46.2 Å². The van der Waals surface area contributed by atoms with Gasteiger partial charge in [0.1, 0.15) is 11.5 Å². The average molecular weight is 489 g/mol. The molecule has 0 aliphatic rings. The average Bonchev–Trinajstić information content (AvgIpc) is 2.81. The molecule has 0 radical (unpaired) electrons. The molecule has 0 heterocycles. The van der Waals surface area contributed by atoms with Crippen molar-refractivity contribution in [2.24, 2.45) is 0 Å². The van der Waals surface area contributed by atoms with Crippen molar-refractivity contribution in [3.8, 4) is 11.5 Å². The van der Waals surface area contributed by atoms with Gasteiger partial charge in [0.25, 0.3) is 0 Å². The smallest absolute Gasteiger partial charge is 0.305 e. The molecule has 0 fully saturated rings. The maximum atomic E-state index is 10.8. The van der Waals surface area contributed by atoms with Crippen molar-refractivity contribution in [3.05, 3.63) is 47.5 Å². The topological polar surface area (TPSA) is 66.8 Å². The van der Waals surface area contributed by atoms with Gasteiger partial charge in [-0.05, 0) is 67.8 Å². The van der Waals surface area contributed by atoms with Crippen LogP contribution in [0.3, 0.4) is 0 Å². The van der Waals surface area contributed by atoms with Crippen LogP contribution in [-0.2, 0) is 9.53 Å². The lowest BCUT2D eigenvalue weighted by Gasteiger charge is -2.08. The van der Waals surface area contributed by atoms with Crippen LogP contribution in [0.5, 0.6) is 11.5 Å². The summed E-state index contributed by atoms with van der Waals surface area (Å²) < 4.78 is 4.60. The predicted octanol–water partition coefficient (Wildman–Crippen LogP) is 8.73. The molecule has 0 atom stereocenters. The molecule has 0 saturated heterocycles. The van der Waals surface area contributed by atoms with E-state index >= 15 is 0 Å². The first-order chi connectivity index (χ1) is 16.4. The molecule has 2 rings (SSSR count). The van der Waals surface area contributed by atoms with E-state index in [1.165, 1.54) is 71.3 Å². The number of esters is 1. The van der Waals surface area contributed by atoms with Crippen LogP contribution in [0.4, 0.5) is 0 Å². The van der Waals surface area contributed by atoms with Crippen molar-refractivity contribution >= 4 is 17.7 Å². The molecule has 2 aromatic carbocycles. The molecule has 0 spiro atoms. The van der Waals surface area contributed by atoms with E-state index in [1.54, 1.807) is 36.0 Å². The SMILES string of the molecule is CCCCCCCCCCCCCC(=O)OC.Cc1cc(O)ccc1Sc1ccc(O)cc1C. The van der Waals surface area contributed by atoms with Crippen LogP contribution in [0.2, 0.25) is 0 Å². The summed E-state index contributed by atoms with van der Waals surface area (Å²) in [5.41, 5.74) is 2.09. The summed E-state index contributed by atoms with van der Waals surface area (Å²) in [6.45, 7) is 6.20. The maximum absolute atomic E-state index is 10.8. The number of methoxy groups -OCH3 is 1. The zero-order valence-electron chi connectivity index (χ0n) is 21.6. The van der Waals surface area contributed by atoms with Gasteiger partial charge in [-0.15, -0.1) is 0 Å². The van der Waals surface area contributed by atoms with Crippen LogP contribution < -0.4 is 0 Å². The first-order valence-electron chi connectivity index (χ1n) is 12.7. The summed E-state index contributed by atoms with van der Waals surface area (Å²) in [7, 11) is 1.46. The molecular weight excluding hydrogens is 444 g/mol. The Morgan fingerprint density at radius 1 is 0.735 bits per heavy atom. The molecule has 0 unspecified atom stereocenters. The minimum atomic E-state index is -0.0686. The van der Waals surface area contributed by atoms with Gasteiger partial charge in [-0.1, -0.05) is 82.9 Å². The van der Waals surface area contributed by atoms with Crippen LogP contribution in [0.25, 0.3) is 0 Å². The lowest BCUT2D eigenvalue weighted by Crippen LogP contribution is -1.99. The standard InChI is InChI=1S/C15H30O2.C14H14O2S/c1-3-4-5-6-7-8-9-10-11-12-13-14-15(16)17-2;1-9-7-11(15)3-5-13(9)17-14-6-4-12(16)8-10(14)2/h3-14H2,1-2H3;3-8,15-16H,1-2H3. The third-order valence-electron chi connectivity index (χ3n) is 5.75. The third kappa shape index (κ3) is 13.5. The first-order valence-corrected chi connectivity index (χ1v) is 13.5. The number of carbonyl (C=O) groups excluding carboxylic acids is 1. The number of carbonyl (C=O) groups is 1. The summed E-state index contributed by atoms with van der Waals surface area (Å²) in [5.74, 6) is 0.504. The highest BCUT2D eigenvalue weighted by Crippen LogP contribution is 2.34. The number of hydrogen-bond acceptors (Lipinski definition) is 5. The second-order valence-electron chi connectivity index (χ2n) is 8.86. The molecule has 0 aliphatic carbocycles. The first kappa shape index (κ1) is 29.9. The molecule has 5 heteroatoms. The molecule has 0 amide bonds. The number of rotatable bonds is 14. The van der Waals surface area contributed by atoms with Gasteiger partial charge in [-0.2, -0.15) is 0 Å². The van der Waals surface area contributed by atoms with Gasteiger partial charge in [0.2, 0.25) is 0 Å². The number of benzene rings is 2.